The summed E-state index contributed by atoms with van der Waals surface area (Å²) in [7, 11) is 1.61. The summed E-state index contributed by atoms with van der Waals surface area (Å²) in [6.45, 7) is 0. The molecule has 1 heterocycles. The monoisotopic (exact) mass is 393 g/mol. The summed E-state index contributed by atoms with van der Waals surface area (Å²) in [4.78, 5) is 15.0. The number of anilines is 3. The predicted molar refractivity (Wildman–Crippen MR) is 118 cm³/mol. The number of hydrogen-bond donors (Lipinski definition) is 0. The molecule has 0 amide bonds. The highest BCUT2D eigenvalue weighted by atomic mass is 16.5. The predicted octanol–water partition coefficient (Wildman–Crippen LogP) is 6.50. The molecule has 0 saturated carbocycles. The third kappa shape index (κ3) is 3.08. The van der Waals surface area contributed by atoms with Gasteiger partial charge in [-0.25, -0.2) is 0 Å². The van der Waals surface area contributed by atoms with Crippen molar-refractivity contribution in [3.63, 3.8) is 0 Å². The van der Waals surface area contributed by atoms with E-state index < -0.39 is 0 Å². The second-order valence-electron chi connectivity index (χ2n) is 6.98. The Morgan fingerprint density at radius 3 is 1.73 bits per heavy atom. The van der Waals surface area contributed by atoms with Gasteiger partial charge < -0.3 is 14.4 Å². The normalized spacial score (nSPS) is 11.8. The summed E-state index contributed by atoms with van der Waals surface area (Å²) < 4.78 is 11.2. The van der Waals surface area contributed by atoms with Crippen LogP contribution < -0.4 is 14.4 Å². The fourth-order valence-electron chi connectivity index (χ4n) is 3.65. The molecule has 0 atom stereocenters. The van der Waals surface area contributed by atoms with E-state index >= 15 is 0 Å². The number of carbonyl (C=O) groups excluding carboxylic acids is 1. The van der Waals surface area contributed by atoms with Crippen molar-refractivity contribution in [3.8, 4) is 17.2 Å². The lowest BCUT2D eigenvalue weighted by molar-refractivity contribution is 0.103. The lowest BCUT2D eigenvalue weighted by Gasteiger charge is -2.32. The Hall–Kier alpha value is -4.05. The van der Waals surface area contributed by atoms with Crippen LogP contribution in [-0.2, 0) is 0 Å². The van der Waals surface area contributed by atoms with Crippen LogP contribution in [0.1, 0.15) is 15.9 Å². The van der Waals surface area contributed by atoms with Crippen molar-refractivity contribution in [2.45, 2.75) is 0 Å². The molecule has 30 heavy (non-hydrogen) atoms. The Balaban J connectivity index is 1.51. The molecule has 4 aromatic rings. The fourth-order valence-corrected chi connectivity index (χ4v) is 3.65. The van der Waals surface area contributed by atoms with E-state index in [4.69, 9.17) is 9.47 Å². The Morgan fingerprint density at radius 2 is 1.20 bits per heavy atom. The number of fused-ring (bicyclic) bond motifs is 2. The second-order valence-corrected chi connectivity index (χ2v) is 6.98. The summed E-state index contributed by atoms with van der Waals surface area (Å²) in [5.41, 5.74) is 4.16. The molecule has 0 unspecified atom stereocenters. The van der Waals surface area contributed by atoms with Gasteiger partial charge in [-0.1, -0.05) is 24.3 Å². The number of ether oxygens (including phenoxy) is 2. The number of rotatable bonds is 4. The zero-order valence-electron chi connectivity index (χ0n) is 16.4. The largest absolute Gasteiger partial charge is 0.497 e. The molecule has 0 aliphatic carbocycles. The van der Waals surface area contributed by atoms with Crippen LogP contribution in [0.2, 0.25) is 0 Å². The summed E-state index contributed by atoms with van der Waals surface area (Å²) in [6, 6.07) is 30.7. The zero-order valence-corrected chi connectivity index (χ0v) is 16.4. The first kappa shape index (κ1) is 18.0. The van der Waals surface area contributed by atoms with Crippen LogP contribution in [-0.4, -0.2) is 12.9 Å². The quantitative estimate of drug-likeness (QED) is 0.327. The van der Waals surface area contributed by atoms with Crippen molar-refractivity contribution >= 4 is 22.8 Å². The smallest absolute Gasteiger partial charge is 0.193 e. The topological polar surface area (TPSA) is 38.8 Å². The Kier molecular flexibility index (Phi) is 4.45. The fraction of sp³-hybridized carbons (Fsp3) is 0.0385. The van der Waals surface area contributed by atoms with Gasteiger partial charge >= 0.3 is 0 Å². The molecule has 0 fully saturated rings. The highest BCUT2D eigenvalue weighted by molar-refractivity contribution is 6.09. The lowest BCUT2D eigenvalue weighted by atomic mass is 10.0. The molecule has 0 spiro atoms. The number of benzene rings is 4. The van der Waals surface area contributed by atoms with Crippen molar-refractivity contribution in [2.24, 2.45) is 0 Å². The van der Waals surface area contributed by atoms with Crippen molar-refractivity contribution in [1.82, 2.24) is 0 Å². The average molecular weight is 393 g/mol. The maximum absolute atomic E-state index is 12.9. The van der Waals surface area contributed by atoms with Gasteiger partial charge in [0.1, 0.15) is 5.75 Å². The molecular formula is C26H19NO3. The molecule has 5 rings (SSSR count). The summed E-state index contributed by atoms with van der Waals surface area (Å²) >= 11 is 0. The van der Waals surface area contributed by atoms with Gasteiger partial charge in [0.25, 0.3) is 0 Å². The molecule has 0 N–H and O–H groups in total. The standard InChI is InChI=1S/C26H19NO3/c1-29-21-16-12-19(13-17-21)26(28)18-10-14-20(15-11-18)27-22-6-2-4-8-24(22)30-25-9-5-3-7-23(25)27/h2-17H,1H3. The molecule has 4 aromatic carbocycles. The molecular weight excluding hydrogens is 374 g/mol. The molecule has 4 nitrogen and oxygen atoms in total. The minimum atomic E-state index is -0.0213. The summed E-state index contributed by atoms with van der Waals surface area (Å²) in [5, 5.41) is 0. The Morgan fingerprint density at radius 1 is 0.700 bits per heavy atom. The molecule has 1 aliphatic heterocycles. The SMILES string of the molecule is COc1ccc(C(=O)c2ccc(N3c4ccccc4Oc4ccccc43)cc2)cc1. The van der Waals surface area contributed by atoms with Gasteiger partial charge in [0.05, 0.1) is 18.5 Å². The first-order valence-corrected chi connectivity index (χ1v) is 9.69. The van der Waals surface area contributed by atoms with E-state index in [0.717, 1.165) is 34.3 Å². The van der Waals surface area contributed by atoms with Crippen LogP contribution in [0.5, 0.6) is 17.2 Å². The summed E-state index contributed by atoms with van der Waals surface area (Å²) in [6.07, 6.45) is 0. The Labute approximate surface area is 174 Å². The maximum atomic E-state index is 12.9. The van der Waals surface area contributed by atoms with Crippen LogP contribution in [0.3, 0.4) is 0 Å². The lowest BCUT2D eigenvalue weighted by Crippen LogP contribution is -2.15. The van der Waals surface area contributed by atoms with E-state index in [1.807, 2.05) is 72.8 Å². The highest BCUT2D eigenvalue weighted by Gasteiger charge is 2.25. The molecule has 146 valence electrons. The van der Waals surface area contributed by atoms with Crippen molar-refractivity contribution in [2.75, 3.05) is 12.0 Å². The van der Waals surface area contributed by atoms with Gasteiger partial charge in [0.2, 0.25) is 0 Å². The zero-order chi connectivity index (χ0) is 20.5. The van der Waals surface area contributed by atoms with Gasteiger partial charge in [-0.05, 0) is 72.8 Å². The molecule has 0 aromatic heterocycles. The van der Waals surface area contributed by atoms with Crippen molar-refractivity contribution < 1.29 is 14.3 Å². The van der Waals surface area contributed by atoms with E-state index in [2.05, 4.69) is 4.90 Å². The van der Waals surface area contributed by atoms with E-state index in [1.165, 1.54) is 0 Å². The molecule has 4 heteroatoms. The van der Waals surface area contributed by atoms with Crippen molar-refractivity contribution in [3.05, 3.63) is 108 Å². The molecule has 0 bridgehead atoms. The first-order valence-electron chi connectivity index (χ1n) is 9.69. The van der Waals surface area contributed by atoms with Crippen LogP contribution in [0.4, 0.5) is 17.1 Å². The number of hydrogen-bond acceptors (Lipinski definition) is 4. The minimum absolute atomic E-state index is 0.0213. The third-order valence-corrected chi connectivity index (χ3v) is 5.17. The van der Waals surface area contributed by atoms with Gasteiger partial charge in [-0.3, -0.25) is 4.79 Å². The van der Waals surface area contributed by atoms with Crippen molar-refractivity contribution in [1.29, 1.82) is 0 Å². The highest BCUT2D eigenvalue weighted by Crippen LogP contribution is 2.49. The van der Waals surface area contributed by atoms with E-state index in [1.54, 1.807) is 31.4 Å². The van der Waals surface area contributed by atoms with E-state index in [-0.39, 0.29) is 5.78 Å². The van der Waals surface area contributed by atoms with Gasteiger partial charge in [-0.2, -0.15) is 0 Å². The van der Waals surface area contributed by atoms with Crippen LogP contribution in [0.15, 0.2) is 97.1 Å². The number of nitrogens with zero attached hydrogens (tertiary/aromatic N) is 1. The van der Waals surface area contributed by atoms with Gasteiger partial charge in [-0.15, -0.1) is 0 Å². The molecule has 0 radical (unpaired) electrons. The van der Waals surface area contributed by atoms with Gasteiger partial charge in [0.15, 0.2) is 17.3 Å². The van der Waals surface area contributed by atoms with E-state index in [0.29, 0.717) is 11.1 Å². The summed E-state index contributed by atoms with van der Waals surface area (Å²) in [5.74, 6) is 2.31. The van der Waals surface area contributed by atoms with Crippen LogP contribution in [0, 0.1) is 0 Å². The van der Waals surface area contributed by atoms with Gasteiger partial charge in [0, 0.05) is 16.8 Å². The number of methoxy groups -OCH3 is 1. The number of ketones is 1. The van der Waals surface area contributed by atoms with Crippen LogP contribution in [0.25, 0.3) is 0 Å². The third-order valence-electron chi connectivity index (χ3n) is 5.17. The second kappa shape index (κ2) is 7.41. The minimum Gasteiger partial charge on any atom is -0.497 e. The van der Waals surface area contributed by atoms with Crippen LogP contribution >= 0.6 is 0 Å². The maximum Gasteiger partial charge on any atom is 0.193 e. The van der Waals surface area contributed by atoms with E-state index in [9.17, 15) is 4.79 Å². The molecule has 1 aliphatic rings. The molecule has 0 saturated heterocycles. The number of carbonyl (C=O) groups is 1. The first-order chi connectivity index (χ1) is 14.7. The Bertz CT molecular complexity index is 1170. The number of para-hydroxylation sites is 4. The average Bonchev–Trinajstić information content (AvgIpc) is 2.82.